The van der Waals surface area contributed by atoms with E-state index >= 15 is 0 Å². The maximum atomic E-state index is 3.77. The first-order chi connectivity index (χ1) is 8.74. The summed E-state index contributed by atoms with van der Waals surface area (Å²) in [5, 5.41) is 3.77. The Balaban J connectivity index is 1.56. The van der Waals surface area contributed by atoms with Gasteiger partial charge in [0.05, 0.1) is 0 Å². The first-order valence-electron chi connectivity index (χ1n) is 7.52. The summed E-state index contributed by atoms with van der Waals surface area (Å²) in [6.07, 6.45) is 5.99. The molecule has 1 heteroatoms. The lowest BCUT2D eigenvalue weighted by atomic mass is 9.84. The lowest BCUT2D eigenvalue weighted by molar-refractivity contribution is 0.259. The van der Waals surface area contributed by atoms with Crippen molar-refractivity contribution < 1.29 is 0 Å². The van der Waals surface area contributed by atoms with Crippen LogP contribution in [0.25, 0.3) is 0 Å². The maximum absolute atomic E-state index is 3.77. The highest BCUT2D eigenvalue weighted by Crippen LogP contribution is 2.49. The van der Waals surface area contributed by atoms with E-state index in [0.717, 1.165) is 24.3 Å². The normalized spacial score (nSPS) is 31.8. The van der Waals surface area contributed by atoms with Gasteiger partial charge in [-0.15, -0.1) is 0 Å². The third kappa shape index (κ3) is 2.33. The Morgan fingerprint density at radius 2 is 2.06 bits per heavy atom. The van der Waals surface area contributed by atoms with Gasteiger partial charge in [-0.2, -0.15) is 0 Å². The Kier molecular flexibility index (Phi) is 3.43. The van der Waals surface area contributed by atoms with Gasteiger partial charge in [0.2, 0.25) is 0 Å². The van der Waals surface area contributed by atoms with Crippen LogP contribution in [0.1, 0.15) is 43.7 Å². The van der Waals surface area contributed by atoms with E-state index in [0.29, 0.717) is 6.04 Å². The highest BCUT2D eigenvalue weighted by Gasteiger charge is 2.41. The van der Waals surface area contributed by atoms with Gasteiger partial charge in [-0.3, -0.25) is 0 Å². The number of nitrogens with one attached hydrogen (secondary N) is 1. The molecule has 0 amide bonds. The topological polar surface area (TPSA) is 12.0 Å². The van der Waals surface area contributed by atoms with E-state index in [2.05, 4.69) is 43.4 Å². The van der Waals surface area contributed by atoms with Crippen LogP contribution in [0.2, 0.25) is 0 Å². The molecule has 0 saturated heterocycles. The van der Waals surface area contributed by atoms with Gasteiger partial charge in [-0.25, -0.2) is 0 Å². The van der Waals surface area contributed by atoms with Gasteiger partial charge in [0.15, 0.2) is 0 Å². The van der Waals surface area contributed by atoms with E-state index in [1.54, 1.807) is 0 Å². The number of fused-ring (bicyclic) bond motifs is 2. The molecule has 0 aliphatic heterocycles. The second-order valence-corrected chi connectivity index (χ2v) is 6.43. The summed E-state index contributed by atoms with van der Waals surface area (Å²) >= 11 is 0. The molecule has 1 nitrogen and oxygen atoms in total. The van der Waals surface area contributed by atoms with Crippen LogP contribution in [0.15, 0.2) is 24.3 Å². The average molecular weight is 243 g/mol. The first kappa shape index (κ1) is 12.2. The fourth-order valence-electron chi connectivity index (χ4n) is 4.14. The van der Waals surface area contributed by atoms with Crippen LogP contribution in [-0.2, 0) is 6.54 Å². The number of benzene rings is 1. The second-order valence-electron chi connectivity index (χ2n) is 6.43. The summed E-state index contributed by atoms with van der Waals surface area (Å²) in [6.45, 7) is 5.63. The van der Waals surface area contributed by atoms with Gasteiger partial charge in [0.25, 0.3) is 0 Å². The van der Waals surface area contributed by atoms with Crippen LogP contribution in [0.3, 0.4) is 0 Å². The second kappa shape index (κ2) is 5.05. The summed E-state index contributed by atoms with van der Waals surface area (Å²) in [4.78, 5) is 0. The van der Waals surface area contributed by atoms with Crippen molar-refractivity contribution in [3.63, 3.8) is 0 Å². The minimum atomic E-state index is 0.680. The minimum Gasteiger partial charge on any atom is -0.310 e. The Morgan fingerprint density at radius 1 is 1.22 bits per heavy atom. The zero-order valence-electron chi connectivity index (χ0n) is 11.7. The third-order valence-electron chi connectivity index (χ3n) is 5.31. The minimum absolute atomic E-state index is 0.680. The molecule has 0 aromatic heterocycles. The van der Waals surface area contributed by atoms with Crippen molar-refractivity contribution in [2.24, 2.45) is 17.8 Å². The van der Waals surface area contributed by atoms with Gasteiger partial charge >= 0.3 is 0 Å². The van der Waals surface area contributed by atoms with E-state index < -0.39 is 0 Å². The van der Waals surface area contributed by atoms with Crippen molar-refractivity contribution >= 4 is 0 Å². The molecule has 18 heavy (non-hydrogen) atoms. The number of aryl methyl sites for hydroxylation is 1. The summed E-state index contributed by atoms with van der Waals surface area (Å²) in [5.74, 6) is 3.02. The molecule has 2 aliphatic rings. The molecule has 2 saturated carbocycles. The number of rotatable bonds is 4. The summed E-state index contributed by atoms with van der Waals surface area (Å²) < 4.78 is 0. The predicted molar refractivity (Wildman–Crippen MR) is 76.4 cm³/mol. The summed E-state index contributed by atoms with van der Waals surface area (Å²) in [6, 6.07) is 9.40. The van der Waals surface area contributed by atoms with Crippen molar-refractivity contribution in [3.8, 4) is 0 Å². The van der Waals surface area contributed by atoms with Gasteiger partial charge in [0.1, 0.15) is 0 Å². The predicted octanol–water partition coefficient (Wildman–Crippen LogP) is 3.91. The molecule has 2 aliphatic carbocycles. The smallest absolute Gasteiger partial charge is 0.0210 e. The fraction of sp³-hybridized carbons (Fsp3) is 0.647. The van der Waals surface area contributed by atoms with Crippen molar-refractivity contribution in [1.29, 1.82) is 0 Å². The van der Waals surface area contributed by atoms with Crippen LogP contribution < -0.4 is 5.32 Å². The maximum Gasteiger partial charge on any atom is 0.0210 e. The standard InChI is InChI=1S/C17H25N/c1-12-5-3-4-6-16(12)11-18-13(2)17-10-14-7-8-15(17)9-14/h3-6,13-15,17-18H,7-11H2,1-2H3. The van der Waals surface area contributed by atoms with Gasteiger partial charge in [-0.1, -0.05) is 30.7 Å². The quantitative estimate of drug-likeness (QED) is 0.845. The van der Waals surface area contributed by atoms with Crippen molar-refractivity contribution in [3.05, 3.63) is 35.4 Å². The largest absolute Gasteiger partial charge is 0.310 e. The molecule has 0 radical (unpaired) electrons. The van der Waals surface area contributed by atoms with Crippen molar-refractivity contribution in [1.82, 2.24) is 5.32 Å². The van der Waals surface area contributed by atoms with Gasteiger partial charge in [-0.05, 0) is 62.0 Å². The Labute approximate surface area is 111 Å². The number of hydrogen-bond donors (Lipinski definition) is 1. The number of hydrogen-bond acceptors (Lipinski definition) is 1. The molecule has 1 N–H and O–H groups in total. The molecule has 4 atom stereocenters. The third-order valence-corrected chi connectivity index (χ3v) is 5.31. The molecule has 4 unspecified atom stereocenters. The van der Waals surface area contributed by atoms with Crippen LogP contribution in [0.5, 0.6) is 0 Å². The van der Waals surface area contributed by atoms with E-state index in [9.17, 15) is 0 Å². The van der Waals surface area contributed by atoms with E-state index in [-0.39, 0.29) is 0 Å². The fourth-order valence-corrected chi connectivity index (χ4v) is 4.14. The van der Waals surface area contributed by atoms with E-state index in [1.807, 2.05) is 0 Å². The van der Waals surface area contributed by atoms with Gasteiger partial charge < -0.3 is 5.32 Å². The van der Waals surface area contributed by atoms with Crippen molar-refractivity contribution in [2.75, 3.05) is 0 Å². The molecule has 0 heterocycles. The van der Waals surface area contributed by atoms with Crippen LogP contribution in [-0.4, -0.2) is 6.04 Å². The molecule has 1 aromatic carbocycles. The lowest BCUT2D eigenvalue weighted by Crippen LogP contribution is -2.36. The molecule has 1 aromatic rings. The molecule has 2 fully saturated rings. The molecular formula is C17H25N. The molecule has 3 rings (SSSR count). The van der Waals surface area contributed by atoms with Crippen LogP contribution in [0.4, 0.5) is 0 Å². The monoisotopic (exact) mass is 243 g/mol. The SMILES string of the molecule is Cc1ccccc1CNC(C)C1CC2CCC1C2. The summed E-state index contributed by atoms with van der Waals surface area (Å²) in [5.41, 5.74) is 2.86. The molecule has 98 valence electrons. The lowest BCUT2D eigenvalue weighted by Gasteiger charge is -2.29. The van der Waals surface area contributed by atoms with E-state index in [1.165, 1.54) is 36.8 Å². The Morgan fingerprint density at radius 3 is 2.72 bits per heavy atom. The summed E-state index contributed by atoms with van der Waals surface area (Å²) in [7, 11) is 0. The molecule has 2 bridgehead atoms. The highest BCUT2D eigenvalue weighted by molar-refractivity contribution is 5.25. The Hall–Kier alpha value is -0.820. The van der Waals surface area contributed by atoms with Crippen molar-refractivity contribution in [2.45, 2.75) is 52.1 Å². The average Bonchev–Trinajstić information content (AvgIpc) is 2.99. The zero-order valence-corrected chi connectivity index (χ0v) is 11.7. The van der Waals surface area contributed by atoms with Crippen LogP contribution >= 0.6 is 0 Å². The molecule has 0 spiro atoms. The Bertz CT molecular complexity index is 412. The van der Waals surface area contributed by atoms with E-state index in [4.69, 9.17) is 0 Å². The van der Waals surface area contributed by atoms with Gasteiger partial charge in [0, 0.05) is 12.6 Å². The first-order valence-corrected chi connectivity index (χ1v) is 7.52. The highest BCUT2D eigenvalue weighted by atomic mass is 14.9. The molecular weight excluding hydrogens is 218 g/mol. The van der Waals surface area contributed by atoms with Crippen LogP contribution in [0, 0.1) is 24.7 Å². The zero-order chi connectivity index (χ0) is 12.5.